The zero-order valence-electron chi connectivity index (χ0n) is 17.0. The number of nitrogens with one attached hydrogen (secondary N) is 2. The molecule has 0 fully saturated rings. The number of benzene rings is 2. The fourth-order valence-electron chi connectivity index (χ4n) is 3.05. The van der Waals surface area contributed by atoms with Crippen LogP contribution in [0.3, 0.4) is 0 Å². The van der Waals surface area contributed by atoms with Crippen LogP contribution >= 0.6 is 0 Å². The second-order valence-electron chi connectivity index (χ2n) is 6.60. The summed E-state index contributed by atoms with van der Waals surface area (Å²) in [5.41, 5.74) is 0.539. The average Bonchev–Trinajstić information content (AvgIpc) is 2.72. The number of halogens is 1. The van der Waals surface area contributed by atoms with Crippen LogP contribution in [0, 0.1) is 5.82 Å². The molecule has 0 unspecified atom stereocenters. The molecule has 0 bridgehead atoms. The van der Waals surface area contributed by atoms with E-state index in [4.69, 9.17) is 9.47 Å². The lowest BCUT2D eigenvalue weighted by Gasteiger charge is -2.19. The molecule has 0 aliphatic heterocycles. The Morgan fingerprint density at radius 3 is 2.60 bits per heavy atom. The summed E-state index contributed by atoms with van der Waals surface area (Å²) in [7, 11) is 3.00. The highest BCUT2D eigenvalue weighted by Gasteiger charge is 2.15. The van der Waals surface area contributed by atoms with Crippen molar-refractivity contribution in [2.24, 2.45) is 0 Å². The molecule has 9 heteroatoms. The molecule has 3 rings (SSSR count). The van der Waals surface area contributed by atoms with E-state index < -0.39 is 5.82 Å². The summed E-state index contributed by atoms with van der Waals surface area (Å²) in [6.45, 7) is 2.75. The Bertz CT molecular complexity index is 1120. The predicted octanol–water partition coefficient (Wildman–Crippen LogP) is 2.54. The van der Waals surface area contributed by atoms with Crippen molar-refractivity contribution in [1.29, 1.82) is 0 Å². The van der Waals surface area contributed by atoms with E-state index in [0.29, 0.717) is 40.5 Å². The van der Waals surface area contributed by atoms with Crippen molar-refractivity contribution in [2.75, 3.05) is 32.6 Å². The van der Waals surface area contributed by atoms with Crippen molar-refractivity contribution in [2.45, 2.75) is 13.5 Å². The largest absolute Gasteiger partial charge is 0.493 e. The van der Waals surface area contributed by atoms with Crippen molar-refractivity contribution >= 4 is 22.5 Å². The van der Waals surface area contributed by atoms with Crippen molar-refractivity contribution < 1.29 is 18.7 Å². The molecule has 0 saturated carbocycles. The minimum Gasteiger partial charge on any atom is -0.493 e. The van der Waals surface area contributed by atoms with Crippen molar-refractivity contribution in [3.63, 3.8) is 0 Å². The lowest BCUT2D eigenvalue weighted by atomic mass is 10.2. The summed E-state index contributed by atoms with van der Waals surface area (Å²) in [6.07, 6.45) is 0. The standard InChI is InChI=1S/C21H23FN4O4/c1-4-26(12-20(27)23-14-7-5-6-13(22)8-14)11-19-24-16-10-18(30-3)17(29-2)9-15(16)21(28)25-19/h5-10H,4,11-12H2,1-3H3,(H,23,27)(H,24,25,28). The van der Waals surface area contributed by atoms with Crippen LogP contribution < -0.4 is 20.3 Å². The van der Waals surface area contributed by atoms with Gasteiger partial charge in [-0.05, 0) is 30.8 Å². The second kappa shape index (κ2) is 9.36. The van der Waals surface area contributed by atoms with E-state index >= 15 is 0 Å². The third kappa shape index (κ3) is 4.93. The van der Waals surface area contributed by atoms with Crippen molar-refractivity contribution in [3.05, 3.63) is 58.4 Å². The number of nitrogens with zero attached hydrogens (tertiary/aromatic N) is 2. The number of anilines is 1. The lowest BCUT2D eigenvalue weighted by molar-refractivity contribution is -0.117. The normalized spacial score (nSPS) is 11.0. The topological polar surface area (TPSA) is 96.6 Å². The van der Waals surface area contributed by atoms with Gasteiger partial charge in [0.25, 0.3) is 5.56 Å². The number of aromatic nitrogens is 2. The lowest BCUT2D eigenvalue weighted by Crippen LogP contribution is -2.33. The van der Waals surface area contributed by atoms with Gasteiger partial charge < -0.3 is 19.8 Å². The first-order valence-electron chi connectivity index (χ1n) is 9.36. The fraction of sp³-hybridized carbons (Fsp3) is 0.286. The molecular formula is C21H23FN4O4. The Labute approximate surface area is 172 Å². The zero-order chi connectivity index (χ0) is 21.7. The molecule has 1 aromatic heterocycles. The van der Waals surface area contributed by atoms with E-state index in [1.807, 2.05) is 6.92 Å². The van der Waals surface area contributed by atoms with Crippen LogP contribution in [-0.2, 0) is 11.3 Å². The van der Waals surface area contributed by atoms with Crippen LogP contribution in [0.15, 0.2) is 41.2 Å². The van der Waals surface area contributed by atoms with Gasteiger partial charge in [0.1, 0.15) is 11.6 Å². The number of carbonyl (C=O) groups excluding carboxylic acids is 1. The monoisotopic (exact) mass is 414 g/mol. The molecule has 1 heterocycles. The Morgan fingerprint density at radius 2 is 1.93 bits per heavy atom. The molecule has 2 aromatic carbocycles. The molecule has 0 radical (unpaired) electrons. The van der Waals surface area contributed by atoms with Gasteiger partial charge in [-0.2, -0.15) is 0 Å². The molecule has 0 aliphatic rings. The zero-order valence-corrected chi connectivity index (χ0v) is 17.0. The first-order chi connectivity index (χ1) is 14.4. The molecule has 3 aromatic rings. The Morgan fingerprint density at radius 1 is 1.20 bits per heavy atom. The Kier molecular flexibility index (Phi) is 6.63. The van der Waals surface area contributed by atoms with Crippen LogP contribution in [0.5, 0.6) is 11.5 Å². The van der Waals surface area contributed by atoms with Crippen LogP contribution in [0.25, 0.3) is 10.9 Å². The number of rotatable bonds is 8. The maximum absolute atomic E-state index is 13.3. The number of methoxy groups -OCH3 is 2. The first kappa shape index (κ1) is 21.3. The molecule has 8 nitrogen and oxygen atoms in total. The molecule has 0 spiro atoms. The minimum atomic E-state index is -0.426. The minimum absolute atomic E-state index is 0.0562. The van der Waals surface area contributed by atoms with Crippen LogP contribution in [0.1, 0.15) is 12.7 Å². The molecule has 0 atom stereocenters. The number of aromatic amines is 1. The summed E-state index contributed by atoms with van der Waals surface area (Å²) in [6, 6.07) is 8.91. The van der Waals surface area contributed by atoms with Gasteiger partial charge in [-0.25, -0.2) is 9.37 Å². The average molecular weight is 414 g/mol. The van der Waals surface area contributed by atoms with Crippen molar-refractivity contribution in [3.8, 4) is 11.5 Å². The highest BCUT2D eigenvalue weighted by molar-refractivity contribution is 5.92. The number of amides is 1. The number of hydrogen-bond acceptors (Lipinski definition) is 6. The van der Waals surface area contributed by atoms with E-state index in [2.05, 4.69) is 15.3 Å². The first-order valence-corrected chi connectivity index (χ1v) is 9.36. The number of ether oxygens (including phenoxy) is 2. The number of carbonyl (C=O) groups is 1. The highest BCUT2D eigenvalue weighted by atomic mass is 19.1. The maximum Gasteiger partial charge on any atom is 0.258 e. The summed E-state index contributed by atoms with van der Waals surface area (Å²) in [5, 5.41) is 3.04. The molecule has 30 heavy (non-hydrogen) atoms. The quantitative estimate of drug-likeness (QED) is 0.588. The molecule has 0 saturated heterocycles. The van der Waals surface area contributed by atoms with E-state index in [0.717, 1.165) is 0 Å². The third-order valence-electron chi connectivity index (χ3n) is 4.56. The summed E-state index contributed by atoms with van der Waals surface area (Å²) >= 11 is 0. The molecular weight excluding hydrogens is 391 g/mol. The third-order valence-corrected chi connectivity index (χ3v) is 4.56. The van der Waals surface area contributed by atoms with E-state index in [-0.39, 0.29) is 24.6 Å². The highest BCUT2D eigenvalue weighted by Crippen LogP contribution is 2.29. The van der Waals surface area contributed by atoms with Gasteiger partial charge in [-0.15, -0.1) is 0 Å². The molecule has 0 aliphatic carbocycles. The van der Waals surface area contributed by atoms with Crippen LogP contribution in [0.2, 0.25) is 0 Å². The number of likely N-dealkylation sites (N-methyl/N-ethyl adjacent to an activating group) is 1. The number of H-pyrrole nitrogens is 1. The predicted molar refractivity (Wildman–Crippen MR) is 111 cm³/mol. The van der Waals surface area contributed by atoms with E-state index in [1.165, 1.54) is 32.4 Å². The van der Waals surface area contributed by atoms with Gasteiger partial charge in [-0.3, -0.25) is 14.5 Å². The molecule has 158 valence electrons. The van der Waals surface area contributed by atoms with Crippen LogP contribution in [-0.4, -0.2) is 48.1 Å². The number of hydrogen-bond donors (Lipinski definition) is 2. The Balaban J connectivity index is 1.77. The van der Waals surface area contributed by atoms with Crippen LogP contribution in [0.4, 0.5) is 10.1 Å². The van der Waals surface area contributed by atoms with E-state index in [1.54, 1.807) is 23.1 Å². The molecule has 1 amide bonds. The number of fused-ring (bicyclic) bond motifs is 1. The van der Waals surface area contributed by atoms with Gasteiger partial charge in [0.2, 0.25) is 5.91 Å². The summed E-state index contributed by atoms with van der Waals surface area (Å²) in [5.74, 6) is 0.604. The smallest absolute Gasteiger partial charge is 0.258 e. The van der Waals surface area contributed by atoms with Gasteiger partial charge in [0.05, 0.1) is 38.2 Å². The van der Waals surface area contributed by atoms with Gasteiger partial charge in [0, 0.05) is 11.8 Å². The Hall–Kier alpha value is -3.46. The van der Waals surface area contributed by atoms with Gasteiger partial charge in [-0.1, -0.05) is 13.0 Å². The van der Waals surface area contributed by atoms with E-state index in [9.17, 15) is 14.0 Å². The second-order valence-corrected chi connectivity index (χ2v) is 6.60. The SMILES string of the molecule is CCN(CC(=O)Nc1cccc(F)c1)Cc1nc2cc(OC)c(OC)cc2c(=O)[nH]1. The fourth-order valence-corrected chi connectivity index (χ4v) is 3.05. The van der Waals surface area contributed by atoms with Gasteiger partial charge in [0.15, 0.2) is 11.5 Å². The van der Waals surface area contributed by atoms with Gasteiger partial charge >= 0.3 is 0 Å². The summed E-state index contributed by atoms with van der Waals surface area (Å²) in [4.78, 5) is 33.9. The summed E-state index contributed by atoms with van der Waals surface area (Å²) < 4.78 is 23.8. The maximum atomic E-state index is 13.3. The molecule has 2 N–H and O–H groups in total. The van der Waals surface area contributed by atoms with Crippen molar-refractivity contribution in [1.82, 2.24) is 14.9 Å².